The summed E-state index contributed by atoms with van der Waals surface area (Å²) in [5.74, 6) is -1.26. The summed E-state index contributed by atoms with van der Waals surface area (Å²) < 4.78 is 17.2. The summed E-state index contributed by atoms with van der Waals surface area (Å²) in [4.78, 5) is 80.4. The highest BCUT2D eigenvalue weighted by atomic mass is 16.5. The number of carbonyl (C=O) groups excluding carboxylic acids is 5. The van der Waals surface area contributed by atoms with Crippen molar-refractivity contribution in [2.24, 2.45) is 0 Å². The summed E-state index contributed by atoms with van der Waals surface area (Å²) in [6.45, 7) is 18.8. The van der Waals surface area contributed by atoms with Gasteiger partial charge in [-0.1, -0.05) is 246 Å². The Balaban J connectivity index is 5.21. The van der Waals surface area contributed by atoms with Crippen molar-refractivity contribution in [1.82, 2.24) is 20.4 Å². The van der Waals surface area contributed by atoms with E-state index in [0.29, 0.717) is 52.0 Å². The van der Waals surface area contributed by atoms with E-state index in [9.17, 15) is 28.8 Å². The number of nitrogens with zero attached hydrogens (tertiary/aromatic N) is 2. The van der Waals surface area contributed by atoms with E-state index < -0.39 is 5.97 Å². The van der Waals surface area contributed by atoms with Crippen molar-refractivity contribution in [3.05, 3.63) is 0 Å². The van der Waals surface area contributed by atoms with Crippen molar-refractivity contribution in [3.63, 3.8) is 0 Å². The topological polar surface area (TPSA) is 181 Å². The first-order chi connectivity index (χ1) is 44.4. The molecular formula is C77H148N4O10. The number of ether oxygens (including phenoxy) is 3. The average Bonchev–Trinajstić information content (AvgIpc) is 3.58. The molecule has 0 aliphatic rings. The van der Waals surface area contributed by atoms with E-state index >= 15 is 0 Å². The largest absolute Gasteiger partial charge is 0.481 e. The molecule has 3 N–H and O–H groups in total. The van der Waals surface area contributed by atoms with Gasteiger partial charge >= 0.3 is 23.9 Å². The van der Waals surface area contributed by atoms with Gasteiger partial charge in [-0.05, 0) is 130 Å². The minimum atomic E-state index is -0.747. The Labute approximate surface area is 560 Å². The van der Waals surface area contributed by atoms with Gasteiger partial charge in [0.1, 0.15) is 6.10 Å². The first-order valence-corrected chi connectivity index (χ1v) is 39.1. The van der Waals surface area contributed by atoms with Crippen LogP contribution in [0.2, 0.25) is 0 Å². The average molecular weight is 1290 g/mol. The number of carboxylic acid groups (broad SMARTS) is 1. The Kier molecular flexibility index (Phi) is 65.7. The summed E-state index contributed by atoms with van der Waals surface area (Å²) in [5, 5.41) is 15.3. The van der Waals surface area contributed by atoms with Crippen LogP contribution in [0, 0.1) is 0 Å². The summed E-state index contributed by atoms with van der Waals surface area (Å²) in [6.07, 6.45) is 55.9. The zero-order chi connectivity index (χ0) is 66.7. The lowest BCUT2D eigenvalue weighted by atomic mass is 10.0. The number of carbonyl (C=O) groups is 6. The van der Waals surface area contributed by atoms with Gasteiger partial charge in [0.15, 0.2) is 0 Å². The maximum Gasteiger partial charge on any atom is 0.306 e. The SMILES string of the molecule is CCCCCCCCCCCOC(=O)CCCCCN(CCCCCCCC(=O)O)C(C)CNC(=O)CCC(=O)NCC(C)N(CCCCCCCC(=O)OC(CCCCCCCC)CCCCCCCC)CCCCCC(=O)OCCCCCCCCCCC. The molecule has 0 fully saturated rings. The van der Waals surface area contributed by atoms with Crippen molar-refractivity contribution >= 4 is 35.7 Å². The third-order valence-electron chi connectivity index (χ3n) is 18.4. The highest BCUT2D eigenvalue weighted by molar-refractivity contribution is 5.83. The first kappa shape index (κ1) is 87.7. The molecule has 0 bridgehead atoms. The van der Waals surface area contributed by atoms with Crippen LogP contribution in [0.4, 0.5) is 0 Å². The molecule has 536 valence electrons. The van der Waals surface area contributed by atoms with Gasteiger partial charge in [-0.25, -0.2) is 0 Å². The van der Waals surface area contributed by atoms with Crippen LogP contribution in [-0.4, -0.2) is 121 Å². The van der Waals surface area contributed by atoms with E-state index in [4.69, 9.17) is 19.3 Å². The van der Waals surface area contributed by atoms with Crippen molar-refractivity contribution in [1.29, 1.82) is 0 Å². The monoisotopic (exact) mass is 1290 g/mol. The molecule has 0 aliphatic heterocycles. The Hall–Kier alpha value is -3.26. The van der Waals surface area contributed by atoms with E-state index in [1.165, 1.54) is 154 Å². The predicted molar refractivity (Wildman–Crippen MR) is 380 cm³/mol. The molecule has 0 aromatic rings. The third-order valence-corrected chi connectivity index (χ3v) is 18.4. The molecule has 91 heavy (non-hydrogen) atoms. The summed E-state index contributed by atoms with van der Waals surface area (Å²) in [5.41, 5.74) is 0. The highest BCUT2D eigenvalue weighted by Crippen LogP contribution is 2.20. The van der Waals surface area contributed by atoms with Gasteiger partial charge < -0.3 is 30.0 Å². The van der Waals surface area contributed by atoms with E-state index in [0.717, 1.165) is 174 Å². The molecule has 0 aromatic carbocycles. The number of amides is 2. The zero-order valence-corrected chi connectivity index (χ0v) is 60.6. The van der Waals surface area contributed by atoms with Crippen molar-refractivity contribution in [2.75, 3.05) is 52.5 Å². The third kappa shape index (κ3) is 62.6. The fraction of sp³-hybridized carbons (Fsp3) is 0.922. The minimum absolute atomic E-state index is 0.0327. The normalized spacial score (nSPS) is 12.2. The number of rotatable bonds is 72. The molecule has 0 heterocycles. The Morgan fingerprint density at radius 2 is 0.582 bits per heavy atom. The standard InChI is InChI=1S/C77H148N4O10/c1-7-11-15-19-23-25-27-37-51-65-89-75(86)56-45-39-49-63-80(61-47-35-29-33-43-55-74(84)85)69(5)67-78-72(82)59-60-73(83)79-68-70(6)81(64-50-40-46-57-76(87)90-66-52-38-28-26-24-20-16-12-8-2)62-48-36-30-34-44-58-77(88)91-71(53-41-31-21-17-13-9-3)54-42-32-22-18-14-10-4/h69-71H,7-68H2,1-6H3,(H,78,82)(H,79,83)(H,84,85). The van der Waals surface area contributed by atoms with Crippen LogP contribution in [0.25, 0.3) is 0 Å². The van der Waals surface area contributed by atoms with E-state index in [-0.39, 0.29) is 67.2 Å². The molecule has 0 radical (unpaired) electrons. The van der Waals surface area contributed by atoms with Gasteiger partial charge in [-0.2, -0.15) is 0 Å². The van der Waals surface area contributed by atoms with Gasteiger partial charge in [0, 0.05) is 63.7 Å². The van der Waals surface area contributed by atoms with Gasteiger partial charge in [-0.15, -0.1) is 0 Å². The number of hydrogen-bond acceptors (Lipinski definition) is 11. The first-order valence-electron chi connectivity index (χ1n) is 39.1. The lowest BCUT2D eigenvalue weighted by Gasteiger charge is -2.30. The second-order valence-electron chi connectivity index (χ2n) is 27.3. The number of aliphatic carboxylic acids is 1. The summed E-state index contributed by atoms with van der Waals surface area (Å²) in [7, 11) is 0. The van der Waals surface area contributed by atoms with Gasteiger partial charge in [0.2, 0.25) is 11.8 Å². The van der Waals surface area contributed by atoms with Gasteiger partial charge in [0.05, 0.1) is 13.2 Å². The van der Waals surface area contributed by atoms with Crippen LogP contribution in [0.3, 0.4) is 0 Å². The van der Waals surface area contributed by atoms with Gasteiger partial charge in [-0.3, -0.25) is 38.6 Å². The molecule has 2 atom stereocenters. The van der Waals surface area contributed by atoms with Crippen LogP contribution in [0.5, 0.6) is 0 Å². The molecule has 14 nitrogen and oxygen atoms in total. The minimum Gasteiger partial charge on any atom is -0.481 e. The van der Waals surface area contributed by atoms with Crippen molar-refractivity contribution in [3.8, 4) is 0 Å². The second-order valence-corrected chi connectivity index (χ2v) is 27.3. The molecular weight excluding hydrogens is 1140 g/mol. The number of nitrogens with one attached hydrogen (secondary N) is 2. The maximum atomic E-state index is 13.3. The predicted octanol–water partition coefficient (Wildman–Crippen LogP) is 19.8. The van der Waals surface area contributed by atoms with Crippen LogP contribution in [-0.2, 0) is 43.0 Å². The fourth-order valence-corrected chi connectivity index (χ4v) is 12.2. The molecule has 2 amide bonds. The molecule has 0 saturated carbocycles. The Morgan fingerprint density at radius 3 is 0.912 bits per heavy atom. The fourth-order valence-electron chi connectivity index (χ4n) is 12.2. The summed E-state index contributed by atoms with van der Waals surface area (Å²) in [6, 6.07) is 0.177. The number of esters is 3. The molecule has 2 unspecified atom stereocenters. The number of unbranched alkanes of at least 4 members (excludes halogenated alkanes) is 38. The Bertz CT molecular complexity index is 1650. The van der Waals surface area contributed by atoms with Crippen LogP contribution >= 0.6 is 0 Å². The van der Waals surface area contributed by atoms with Crippen molar-refractivity contribution < 1.29 is 48.1 Å². The maximum absolute atomic E-state index is 13.3. The van der Waals surface area contributed by atoms with E-state index in [1.54, 1.807) is 0 Å². The van der Waals surface area contributed by atoms with Crippen LogP contribution in [0.1, 0.15) is 388 Å². The highest BCUT2D eigenvalue weighted by Gasteiger charge is 2.19. The van der Waals surface area contributed by atoms with E-state index in [2.05, 4.69) is 62.0 Å². The number of hydrogen-bond donors (Lipinski definition) is 3. The Morgan fingerprint density at radius 1 is 0.319 bits per heavy atom. The zero-order valence-electron chi connectivity index (χ0n) is 60.6. The van der Waals surface area contributed by atoms with Crippen LogP contribution in [0.15, 0.2) is 0 Å². The molecule has 0 rings (SSSR count). The van der Waals surface area contributed by atoms with Crippen LogP contribution < -0.4 is 10.6 Å². The molecule has 0 saturated heterocycles. The smallest absolute Gasteiger partial charge is 0.306 e. The van der Waals surface area contributed by atoms with Crippen molar-refractivity contribution in [2.45, 2.75) is 406 Å². The lowest BCUT2D eigenvalue weighted by molar-refractivity contribution is -0.150. The molecule has 0 aliphatic carbocycles. The lowest BCUT2D eigenvalue weighted by Crippen LogP contribution is -2.44. The quantitative estimate of drug-likeness (QED) is 0.0298. The molecule has 0 spiro atoms. The second kappa shape index (κ2) is 68.1. The molecule has 14 heteroatoms. The van der Waals surface area contributed by atoms with E-state index in [1.807, 2.05) is 0 Å². The molecule has 0 aromatic heterocycles. The van der Waals surface area contributed by atoms with Gasteiger partial charge in [0.25, 0.3) is 0 Å². The summed E-state index contributed by atoms with van der Waals surface area (Å²) >= 11 is 0. The number of carboxylic acids is 1.